The summed E-state index contributed by atoms with van der Waals surface area (Å²) in [4.78, 5) is 18.9. The fourth-order valence-electron chi connectivity index (χ4n) is 3.37. The number of nitro groups is 1. The number of H-pyrrole nitrogens is 1. The van der Waals surface area contributed by atoms with Gasteiger partial charge in [-0.1, -0.05) is 26.0 Å². The van der Waals surface area contributed by atoms with E-state index in [-0.39, 0.29) is 28.4 Å². The van der Waals surface area contributed by atoms with Gasteiger partial charge < -0.3 is 10.3 Å². The van der Waals surface area contributed by atoms with Crippen LogP contribution < -0.4 is 10.0 Å². The predicted molar refractivity (Wildman–Crippen MR) is 120 cm³/mol. The molecule has 166 valence electrons. The van der Waals surface area contributed by atoms with Crippen LogP contribution >= 0.6 is 0 Å². The monoisotopic (exact) mass is 445 g/mol. The molecule has 2 aromatic carbocycles. The fraction of sp³-hybridized carbons (Fsp3) is 0.381. The first-order valence-electron chi connectivity index (χ1n) is 10.1. The molecule has 0 radical (unpaired) electrons. The third-order valence-corrected chi connectivity index (χ3v) is 6.30. The molecule has 0 saturated heterocycles. The molecular weight excluding hydrogens is 418 g/mol. The van der Waals surface area contributed by atoms with Crippen molar-refractivity contribution < 1.29 is 13.3 Å². The summed E-state index contributed by atoms with van der Waals surface area (Å²) in [6.07, 6.45) is 0.673. The summed E-state index contributed by atoms with van der Waals surface area (Å²) in [6, 6.07) is 10.9. The molecule has 3 aromatic rings. The molecule has 0 fully saturated rings. The van der Waals surface area contributed by atoms with E-state index in [1.807, 2.05) is 24.3 Å². The number of nitrogens with zero attached hydrogens (tertiary/aromatic N) is 2. The van der Waals surface area contributed by atoms with E-state index in [2.05, 4.69) is 33.9 Å². The third-order valence-electron chi connectivity index (χ3n) is 4.64. The number of nitro benzene ring substituents is 1. The van der Waals surface area contributed by atoms with E-state index >= 15 is 0 Å². The number of aromatic nitrogens is 2. The Morgan fingerprint density at radius 3 is 2.45 bits per heavy atom. The van der Waals surface area contributed by atoms with E-state index in [0.717, 1.165) is 17.1 Å². The highest BCUT2D eigenvalue weighted by Crippen LogP contribution is 2.33. The summed E-state index contributed by atoms with van der Waals surface area (Å²) < 4.78 is 27.3. The maximum absolute atomic E-state index is 12.4. The van der Waals surface area contributed by atoms with Crippen LogP contribution in [0, 0.1) is 16.0 Å². The number of aromatic amines is 1. The Labute approximate surface area is 181 Å². The number of sulfonamides is 1. The number of imidazole rings is 1. The minimum absolute atomic E-state index is 0.150. The molecule has 10 heteroatoms. The molecule has 31 heavy (non-hydrogen) atoms. The zero-order chi connectivity index (χ0) is 22.8. The van der Waals surface area contributed by atoms with Gasteiger partial charge in [-0.15, -0.1) is 0 Å². The maximum Gasteiger partial charge on any atom is 0.293 e. The van der Waals surface area contributed by atoms with Gasteiger partial charge in [0.15, 0.2) is 0 Å². The molecule has 0 spiro atoms. The molecule has 1 heterocycles. The molecule has 1 aromatic heterocycles. The third kappa shape index (κ3) is 5.39. The second kappa shape index (κ2) is 9.03. The highest BCUT2D eigenvalue weighted by atomic mass is 32.2. The van der Waals surface area contributed by atoms with E-state index < -0.39 is 14.9 Å². The molecule has 9 nitrogen and oxygen atoms in total. The number of anilines is 1. The van der Waals surface area contributed by atoms with Gasteiger partial charge in [-0.3, -0.25) is 10.1 Å². The summed E-state index contributed by atoms with van der Waals surface area (Å²) in [7, 11) is -3.85. The molecule has 0 amide bonds. The van der Waals surface area contributed by atoms with Crippen molar-refractivity contribution in [3.05, 3.63) is 58.4 Å². The van der Waals surface area contributed by atoms with Gasteiger partial charge in [0, 0.05) is 12.1 Å². The second-order valence-electron chi connectivity index (χ2n) is 8.18. The zero-order valence-corrected chi connectivity index (χ0v) is 18.7. The first-order valence-corrected chi connectivity index (χ1v) is 11.6. The van der Waals surface area contributed by atoms with E-state index in [9.17, 15) is 18.5 Å². The van der Waals surface area contributed by atoms with Crippen molar-refractivity contribution in [1.29, 1.82) is 0 Å². The normalized spacial score (nSPS) is 13.1. The highest BCUT2D eigenvalue weighted by Gasteiger charge is 2.25. The predicted octanol–water partition coefficient (Wildman–Crippen LogP) is 4.36. The van der Waals surface area contributed by atoms with Crippen LogP contribution in [0.3, 0.4) is 0 Å². The molecular formula is C21H27N5O4S. The van der Waals surface area contributed by atoms with Crippen LogP contribution in [0.4, 0.5) is 11.4 Å². The smallest absolute Gasteiger partial charge is 0.293 e. The Hall–Kier alpha value is -2.98. The Bertz CT molecular complexity index is 1150. The molecule has 1 atom stereocenters. The number of hydrogen-bond acceptors (Lipinski definition) is 6. The quantitative estimate of drug-likeness (QED) is 0.331. The van der Waals surface area contributed by atoms with Gasteiger partial charge in [0.25, 0.3) is 5.69 Å². The maximum atomic E-state index is 12.4. The summed E-state index contributed by atoms with van der Waals surface area (Å²) in [5.74, 6) is 0.960. The van der Waals surface area contributed by atoms with Gasteiger partial charge in [0.1, 0.15) is 11.5 Å². The van der Waals surface area contributed by atoms with Crippen molar-refractivity contribution in [1.82, 2.24) is 14.7 Å². The van der Waals surface area contributed by atoms with Crippen molar-refractivity contribution in [2.24, 2.45) is 5.92 Å². The van der Waals surface area contributed by atoms with Crippen LogP contribution in [-0.4, -0.2) is 29.4 Å². The number of rotatable bonds is 9. The lowest BCUT2D eigenvalue weighted by atomic mass is 10.0. The van der Waals surface area contributed by atoms with Gasteiger partial charge in [-0.25, -0.2) is 18.1 Å². The van der Waals surface area contributed by atoms with Crippen LogP contribution in [0.1, 0.15) is 46.0 Å². The van der Waals surface area contributed by atoms with E-state index in [1.54, 1.807) is 13.8 Å². The van der Waals surface area contributed by atoms with Crippen molar-refractivity contribution in [3.8, 4) is 0 Å². The van der Waals surface area contributed by atoms with Gasteiger partial charge in [-0.05, 0) is 50.5 Å². The molecule has 0 aliphatic heterocycles. The van der Waals surface area contributed by atoms with Crippen LogP contribution in [0.15, 0.2) is 47.4 Å². The summed E-state index contributed by atoms with van der Waals surface area (Å²) >= 11 is 0. The lowest BCUT2D eigenvalue weighted by Gasteiger charge is -2.20. The second-order valence-corrected chi connectivity index (χ2v) is 9.89. The Kier molecular flexibility index (Phi) is 6.61. The molecule has 0 saturated carbocycles. The van der Waals surface area contributed by atoms with Crippen LogP contribution in [0.25, 0.3) is 11.0 Å². The Morgan fingerprint density at radius 2 is 1.84 bits per heavy atom. The number of para-hydroxylation sites is 2. The average molecular weight is 446 g/mol. The van der Waals surface area contributed by atoms with Gasteiger partial charge in [0.2, 0.25) is 10.0 Å². The van der Waals surface area contributed by atoms with Crippen LogP contribution in [0.5, 0.6) is 0 Å². The molecule has 3 rings (SSSR count). The summed E-state index contributed by atoms with van der Waals surface area (Å²) in [5, 5.41) is 14.9. The molecule has 3 N–H and O–H groups in total. The largest absolute Gasteiger partial charge is 0.370 e. The van der Waals surface area contributed by atoms with Crippen molar-refractivity contribution >= 4 is 32.4 Å². The standard InChI is InChI=1S/C21H27N5O4S/c1-13(2)11-19(21-23-16-7-5-6-8-17(16)24-21)22-18-10-9-15(12-20(18)26(27)28)31(29,30)25-14(3)4/h5-10,12-14,19,22,25H,11H2,1-4H3,(H,23,24)/t19-/m0/s1. The number of benzene rings is 2. The van der Waals surface area contributed by atoms with Gasteiger partial charge >= 0.3 is 0 Å². The minimum Gasteiger partial charge on any atom is -0.370 e. The number of fused-ring (bicyclic) bond motifs is 1. The van der Waals surface area contributed by atoms with E-state index in [1.165, 1.54) is 12.1 Å². The van der Waals surface area contributed by atoms with Crippen molar-refractivity contribution in [2.75, 3.05) is 5.32 Å². The van der Waals surface area contributed by atoms with E-state index in [4.69, 9.17) is 0 Å². The number of hydrogen-bond donors (Lipinski definition) is 3. The first kappa shape index (κ1) is 22.7. The van der Waals surface area contributed by atoms with Crippen molar-refractivity contribution in [3.63, 3.8) is 0 Å². The highest BCUT2D eigenvalue weighted by molar-refractivity contribution is 7.89. The molecule has 0 unspecified atom stereocenters. The lowest BCUT2D eigenvalue weighted by molar-refractivity contribution is -0.384. The Morgan fingerprint density at radius 1 is 1.13 bits per heavy atom. The Balaban J connectivity index is 1.99. The van der Waals surface area contributed by atoms with Crippen LogP contribution in [-0.2, 0) is 10.0 Å². The van der Waals surface area contributed by atoms with Crippen molar-refractivity contribution in [2.45, 2.75) is 51.1 Å². The number of nitrogens with one attached hydrogen (secondary N) is 3. The summed E-state index contributed by atoms with van der Waals surface area (Å²) in [6.45, 7) is 7.48. The van der Waals surface area contributed by atoms with Gasteiger partial charge in [-0.2, -0.15) is 0 Å². The van der Waals surface area contributed by atoms with Gasteiger partial charge in [0.05, 0.1) is 26.9 Å². The molecule has 0 aliphatic rings. The SMILES string of the molecule is CC(C)C[C@H](Nc1ccc(S(=O)(=O)NC(C)C)cc1[N+](=O)[O-])c1nc2ccccc2[nH]1. The van der Waals surface area contributed by atoms with E-state index in [0.29, 0.717) is 18.2 Å². The molecule has 0 aliphatic carbocycles. The molecule has 0 bridgehead atoms. The van der Waals surface area contributed by atoms with Crippen LogP contribution in [0.2, 0.25) is 0 Å². The summed E-state index contributed by atoms with van der Waals surface area (Å²) in [5.41, 5.74) is 1.61. The first-order chi connectivity index (χ1) is 14.6. The lowest BCUT2D eigenvalue weighted by Crippen LogP contribution is -2.30. The average Bonchev–Trinajstić information content (AvgIpc) is 3.10. The fourth-order valence-corrected chi connectivity index (χ4v) is 4.64. The topological polar surface area (TPSA) is 130 Å². The zero-order valence-electron chi connectivity index (χ0n) is 17.9. The minimum atomic E-state index is -3.85.